The molecule has 4 N–H and O–H groups in total. The summed E-state index contributed by atoms with van der Waals surface area (Å²) in [6.45, 7) is 1.85. The molecule has 130 valence electrons. The second-order valence-corrected chi connectivity index (χ2v) is 5.99. The number of hydrogen-bond acceptors (Lipinski definition) is 4. The number of hydrogen-bond donors (Lipinski definition) is 3. The molecule has 0 aliphatic rings. The molecule has 4 aromatic rings. The predicted molar refractivity (Wildman–Crippen MR) is 97.3 cm³/mol. The fourth-order valence-electron chi connectivity index (χ4n) is 2.83. The number of nitrogens with two attached hydrogens (primary N) is 1. The largest absolute Gasteiger partial charge is 0.368 e. The van der Waals surface area contributed by atoms with Gasteiger partial charge in [-0.15, -0.1) is 0 Å². The van der Waals surface area contributed by atoms with Crippen LogP contribution in [-0.2, 0) is 0 Å². The highest BCUT2D eigenvalue weighted by atomic mass is 19.1. The van der Waals surface area contributed by atoms with Crippen LogP contribution in [0.2, 0.25) is 0 Å². The molecular formula is C19H15FN4O2. The zero-order valence-corrected chi connectivity index (χ0v) is 13.8. The fourth-order valence-corrected chi connectivity index (χ4v) is 2.83. The smallest absolute Gasteiger partial charge is 0.272 e. The van der Waals surface area contributed by atoms with Crippen molar-refractivity contribution in [3.8, 4) is 11.3 Å². The Labute approximate surface area is 147 Å². The number of aromatic amines is 1. The van der Waals surface area contributed by atoms with Crippen LogP contribution < -0.4 is 11.1 Å². The molecule has 0 atom stereocenters. The Bertz CT molecular complexity index is 1090. The number of nitrogens with zero attached hydrogens (tertiary/aromatic N) is 1. The van der Waals surface area contributed by atoms with Crippen LogP contribution in [-0.4, -0.2) is 16.0 Å². The third-order valence-electron chi connectivity index (χ3n) is 4.14. The second kappa shape index (κ2) is 6.03. The van der Waals surface area contributed by atoms with Gasteiger partial charge in [0.15, 0.2) is 0 Å². The molecule has 2 aromatic carbocycles. The maximum Gasteiger partial charge on any atom is 0.272 e. The van der Waals surface area contributed by atoms with Crippen LogP contribution in [0.15, 0.2) is 53.1 Å². The van der Waals surface area contributed by atoms with E-state index in [9.17, 15) is 9.18 Å². The van der Waals surface area contributed by atoms with Gasteiger partial charge < -0.3 is 20.6 Å². The predicted octanol–water partition coefficient (Wildman–Crippen LogP) is 4.10. The van der Waals surface area contributed by atoms with Gasteiger partial charge in [0.2, 0.25) is 5.88 Å². The summed E-state index contributed by atoms with van der Waals surface area (Å²) in [5.41, 5.74) is 9.20. The number of rotatable bonds is 3. The highest BCUT2D eigenvalue weighted by Crippen LogP contribution is 2.25. The van der Waals surface area contributed by atoms with E-state index in [1.807, 2.05) is 13.0 Å². The van der Waals surface area contributed by atoms with Gasteiger partial charge in [-0.25, -0.2) is 4.39 Å². The normalized spacial score (nSPS) is 11.0. The minimum atomic E-state index is -0.369. The highest BCUT2D eigenvalue weighted by molar-refractivity contribution is 6.06. The molecule has 0 aliphatic heterocycles. The first-order chi connectivity index (χ1) is 12.5. The molecule has 0 fully saturated rings. The van der Waals surface area contributed by atoms with Crippen molar-refractivity contribution >= 4 is 28.4 Å². The summed E-state index contributed by atoms with van der Waals surface area (Å²) in [4.78, 5) is 15.5. The number of nitrogen functional groups attached to an aromatic ring is 1. The molecule has 6 nitrogen and oxygen atoms in total. The van der Waals surface area contributed by atoms with Gasteiger partial charge >= 0.3 is 0 Å². The molecule has 0 saturated carbocycles. The van der Waals surface area contributed by atoms with E-state index in [1.165, 1.54) is 12.1 Å². The summed E-state index contributed by atoms with van der Waals surface area (Å²) in [6.07, 6.45) is 0. The maximum atomic E-state index is 13.9. The van der Waals surface area contributed by atoms with Crippen LogP contribution in [0.25, 0.3) is 22.2 Å². The topological polar surface area (TPSA) is 96.9 Å². The summed E-state index contributed by atoms with van der Waals surface area (Å²) in [5, 5.41) is 7.04. The van der Waals surface area contributed by atoms with Gasteiger partial charge in [0.05, 0.1) is 5.52 Å². The number of aryl methyl sites for hydroxylation is 1. The maximum absolute atomic E-state index is 13.9. The van der Waals surface area contributed by atoms with Crippen molar-refractivity contribution in [2.45, 2.75) is 6.92 Å². The van der Waals surface area contributed by atoms with Gasteiger partial charge in [0.25, 0.3) is 5.91 Å². The minimum Gasteiger partial charge on any atom is -0.368 e. The monoisotopic (exact) mass is 350 g/mol. The van der Waals surface area contributed by atoms with E-state index < -0.39 is 0 Å². The third kappa shape index (κ3) is 2.79. The minimum absolute atomic E-state index is 0.213. The summed E-state index contributed by atoms with van der Waals surface area (Å²) < 4.78 is 18.8. The molecule has 0 radical (unpaired) electrons. The van der Waals surface area contributed by atoms with Gasteiger partial charge in [-0.05, 0) is 36.8 Å². The lowest BCUT2D eigenvalue weighted by atomic mass is 10.1. The summed E-state index contributed by atoms with van der Waals surface area (Å²) in [6, 6.07) is 13.3. The van der Waals surface area contributed by atoms with Gasteiger partial charge in [0, 0.05) is 22.7 Å². The van der Waals surface area contributed by atoms with Crippen LogP contribution >= 0.6 is 0 Å². The number of carbonyl (C=O) groups excluding carboxylic acids is 1. The van der Waals surface area contributed by atoms with Crippen molar-refractivity contribution < 1.29 is 13.7 Å². The van der Waals surface area contributed by atoms with E-state index in [2.05, 4.69) is 15.5 Å². The number of nitrogens with one attached hydrogen (secondary N) is 2. The van der Waals surface area contributed by atoms with Crippen molar-refractivity contribution in [3.63, 3.8) is 0 Å². The van der Waals surface area contributed by atoms with Crippen molar-refractivity contribution in [3.05, 3.63) is 65.6 Å². The van der Waals surface area contributed by atoms with Crippen molar-refractivity contribution in [2.75, 3.05) is 11.1 Å². The van der Waals surface area contributed by atoms with Crippen LogP contribution in [0.5, 0.6) is 0 Å². The van der Waals surface area contributed by atoms with Crippen molar-refractivity contribution in [1.82, 2.24) is 10.1 Å². The number of anilines is 2. The molecule has 0 saturated heterocycles. The summed E-state index contributed by atoms with van der Waals surface area (Å²) in [5.74, 6) is -0.520. The second-order valence-electron chi connectivity index (χ2n) is 5.99. The van der Waals surface area contributed by atoms with Gasteiger partial charge in [-0.1, -0.05) is 23.4 Å². The molecule has 0 bridgehead atoms. The first-order valence-electron chi connectivity index (χ1n) is 7.93. The molecule has 4 rings (SSSR count). The van der Waals surface area contributed by atoms with Gasteiger partial charge in [-0.3, -0.25) is 4.79 Å². The molecule has 2 aromatic heterocycles. The number of amides is 1. The Balaban J connectivity index is 1.63. The first kappa shape index (κ1) is 15.9. The van der Waals surface area contributed by atoms with Crippen LogP contribution in [0, 0.1) is 12.7 Å². The lowest BCUT2D eigenvalue weighted by molar-refractivity contribution is 0.102. The molecule has 0 spiro atoms. The number of fused-ring (bicyclic) bond motifs is 1. The molecule has 2 heterocycles. The number of aromatic nitrogens is 2. The fraction of sp³-hybridized carbons (Fsp3) is 0.0526. The van der Waals surface area contributed by atoms with E-state index in [-0.39, 0.29) is 23.3 Å². The third-order valence-corrected chi connectivity index (χ3v) is 4.14. The SMILES string of the molecule is Cc1ccc(F)c2cc(C(=O)Nc3cccc(-c4cc(N)on4)c3)[nH]c12. The first-order valence-corrected chi connectivity index (χ1v) is 7.93. The summed E-state index contributed by atoms with van der Waals surface area (Å²) >= 11 is 0. The van der Waals surface area contributed by atoms with Gasteiger partial charge in [-0.2, -0.15) is 0 Å². The molecule has 1 amide bonds. The van der Waals surface area contributed by atoms with Crippen molar-refractivity contribution in [2.24, 2.45) is 0 Å². The standard InChI is InChI=1S/C19H15FN4O2/c1-10-5-6-14(20)13-8-16(23-18(10)13)19(25)22-12-4-2-3-11(7-12)15-9-17(21)26-24-15/h2-9,23H,21H2,1H3,(H,22,25). The lowest BCUT2D eigenvalue weighted by Crippen LogP contribution is -2.12. The molecule has 26 heavy (non-hydrogen) atoms. The van der Waals surface area contributed by atoms with E-state index in [0.717, 1.165) is 11.1 Å². The number of carbonyl (C=O) groups is 1. The highest BCUT2D eigenvalue weighted by Gasteiger charge is 2.14. The number of halogens is 1. The lowest BCUT2D eigenvalue weighted by Gasteiger charge is -2.05. The van der Waals surface area contributed by atoms with E-state index in [0.29, 0.717) is 22.3 Å². The Morgan fingerprint density at radius 2 is 2.08 bits per heavy atom. The van der Waals surface area contributed by atoms with Crippen molar-refractivity contribution in [1.29, 1.82) is 0 Å². The van der Waals surface area contributed by atoms with Gasteiger partial charge in [0.1, 0.15) is 17.2 Å². The Hall–Kier alpha value is -3.61. The van der Waals surface area contributed by atoms with Crippen LogP contribution in [0.1, 0.15) is 16.1 Å². The quantitative estimate of drug-likeness (QED) is 0.518. The zero-order chi connectivity index (χ0) is 18.3. The molecule has 0 unspecified atom stereocenters. The average molecular weight is 350 g/mol. The van der Waals surface area contributed by atoms with E-state index in [1.54, 1.807) is 30.3 Å². The van der Waals surface area contributed by atoms with Crippen LogP contribution in [0.3, 0.4) is 0 Å². The van der Waals surface area contributed by atoms with E-state index in [4.69, 9.17) is 10.3 Å². The Morgan fingerprint density at radius 1 is 1.23 bits per heavy atom. The summed E-state index contributed by atoms with van der Waals surface area (Å²) in [7, 11) is 0. The molecule has 0 aliphatic carbocycles. The zero-order valence-electron chi connectivity index (χ0n) is 13.8. The number of benzene rings is 2. The number of H-pyrrole nitrogens is 1. The Morgan fingerprint density at radius 3 is 2.81 bits per heavy atom. The molecular weight excluding hydrogens is 335 g/mol. The Kier molecular flexibility index (Phi) is 3.69. The van der Waals surface area contributed by atoms with Crippen LogP contribution in [0.4, 0.5) is 16.0 Å². The molecule has 7 heteroatoms. The average Bonchev–Trinajstić information content (AvgIpc) is 3.26. The van der Waals surface area contributed by atoms with E-state index >= 15 is 0 Å².